The van der Waals surface area contributed by atoms with Crippen LogP contribution in [0.1, 0.15) is 33.0 Å². The fraction of sp³-hybridized carbons (Fsp3) is 0.278. The van der Waals surface area contributed by atoms with E-state index in [9.17, 15) is 14.4 Å². The van der Waals surface area contributed by atoms with Crippen LogP contribution in [0, 0.1) is 13.8 Å². The number of hydrogen-bond acceptors (Lipinski definition) is 5. The Morgan fingerprint density at radius 1 is 1.12 bits per heavy atom. The minimum atomic E-state index is -0.579. The molecular formula is C18H18ClNO4S. The molecule has 1 N–H and O–H groups in total. The highest BCUT2D eigenvalue weighted by Gasteiger charge is 2.13. The maximum Gasteiger partial charge on any atom is 0.306 e. The molecule has 2 rings (SSSR count). The molecule has 0 radical (unpaired) electrons. The zero-order chi connectivity index (χ0) is 18.4. The second-order valence-corrected chi connectivity index (χ2v) is 7.23. The SMILES string of the molecule is Cc1ccc(C(=O)CCC(=O)OCC(=O)Nc2ccc(Cl)cc2C)s1. The summed E-state index contributed by atoms with van der Waals surface area (Å²) in [6.07, 6.45) is 0.0136. The van der Waals surface area contributed by atoms with Crippen molar-refractivity contribution in [3.05, 3.63) is 50.7 Å². The van der Waals surface area contributed by atoms with Crippen LogP contribution in [0.2, 0.25) is 5.02 Å². The summed E-state index contributed by atoms with van der Waals surface area (Å²) in [4.78, 5) is 37.1. The van der Waals surface area contributed by atoms with Crippen molar-refractivity contribution < 1.29 is 19.1 Å². The van der Waals surface area contributed by atoms with Crippen LogP contribution < -0.4 is 5.32 Å². The number of nitrogens with one attached hydrogen (secondary N) is 1. The molecule has 0 bridgehead atoms. The van der Waals surface area contributed by atoms with Crippen LogP contribution in [0.15, 0.2) is 30.3 Å². The van der Waals surface area contributed by atoms with E-state index in [1.165, 1.54) is 11.3 Å². The molecule has 0 unspecified atom stereocenters. The summed E-state index contributed by atoms with van der Waals surface area (Å²) in [6.45, 7) is 3.33. The van der Waals surface area contributed by atoms with Crippen LogP contribution in [0.3, 0.4) is 0 Å². The van der Waals surface area contributed by atoms with E-state index in [1.807, 2.05) is 19.9 Å². The maximum absolute atomic E-state index is 11.9. The molecule has 0 aliphatic heterocycles. The molecule has 0 fully saturated rings. The highest BCUT2D eigenvalue weighted by atomic mass is 35.5. The average molecular weight is 380 g/mol. The Morgan fingerprint density at radius 2 is 1.88 bits per heavy atom. The maximum atomic E-state index is 11.9. The van der Waals surface area contributed by atoms with Gasteiger partial charge in [-0.2, -0.15) is 0 Å². The second-order valence-electron chi connectivity index (χ2n) is 5.50. The quantitative estimate of drug-likeness (QED) is 0.579. The summed E-state index contributed by atoms with van der Waals surface area (Å²) in [7, 11) is 0. The zero-order valence-corrected chi connectivity index (χ0v) is 15.5. The van der Waals surface area contributed by atoms with Crippen LogP contribution >= 0.6 is 22.9 Å². The van der Waals surface area contributed by atoms with Crippen LogP contribution in [-0.4, -0.2) is 24.3 Å². The molecule has 25 heavy (non-hydrogen) atoms. The molecule has 5 nitrogen and oxygen atoms in total. The predicted molar refractivity (Wildman–Crippen MR) is 98.4 cm³/mol. The third kappa shape index (κ3) is 5.99. The van der Waals surface area contributed by atoms with E-state index >= 15 is 0 Å². The second kappa shape index (κ2) is 8.78. The minimum absolute atomic E-state index is 0.0525. The number of anilines is 1. The number of thiophene rings is 1. The number of esters is 1. The Balaban J connectivity index is 1.74. The summed E-state index contributed by atoms with van der Waals surface area (Å²) in [5.74, 6) is -1.13. The number of hydrogen-bond donors (Lipinski definition) is 1. The molecule has 1 aromatic carbocycles. The Kier molecular flexibility index (Phi) is 6.73. The lowest BCUT2D eigenvalue weighted by molar-refractivity contribution is -0.147. The lowest BCUT2D eigenvalue weighted by atomic mass is 10.2. The number of ether oxygens (including phenoxy) is 1. The van der Waals surface area contributed by atoms with Crippen molar-refractivity contribution in [1.29, 1.82) is 0 Å². The fourth-order valence-electron chi connectivity index (χ4n) is 2.10. The molecule has 1 amide bonds. The van der Waals surface area contributed by atoms with Gasteiger partial charge in [0, 0.05) is 22.0 Å². The van der Waals surface area contributed by atoms with E-state index < -0.39 is 18.5 Å². The van der Waals surface area contributed by atoms with Crippen LogP contribution in [0.4, 0.5) is 5.69 Å². The number of ketones is 1. The standard InChI is InChI=1S/C18H18ClNO4S/c1-11-9-13(19)4-5-14(11)20-17(22)10-24-18(23)8-6-15(21)16-7-3-12(2)25-16/h3-5,7,9H,6,8,10H2,1-2H3,(H,20,22). The number of Topliss-reactive ketones (excluding diaryl/α,β-unsaturated/α-hetero) is 1. The Bertz CT molecular complexity index is 800. The first-order valence-corrected chi connectivity index (χ1v) is 8.86. The van der Waals surface area contributed by atoms with Crippen molar-refractivity contribution >= 4 is 46.3 Å². The van der Waals surface area contributed by atoms with Crippen LogP contribution in [0.25, 0.3) is 0 Å². The molecule has 0 aliphatic carbocycles. The van der Waals surface area contributed by atoms with Crippen molar-refractivity contribution in [3.8, 4) is 0 Å². The number of amides is 1. The summed E-state index contributed by atoms with van der Waals surface area (Å²) in [5.41, 5.74) is 1.41. The van der Waals surface area contributed by atoms with Gasteiger partial charge < -0.3 is 10.1 Å². The van der Waals surface area contributed by atoms with Crippen molar-refractivity contribution in [2.75, 3.05) is 11.9 Å². The molecule has 7 heteroatoms. The van der Waals surface area contributed by atoms with Gasteiger partial charge in [-0.25, -0.2) is 0 Å². The van der Waals surface area contributed by atoms with E-state index in [-0.39, 0.29) is 18.6 Å². The highest BCUT2D eigenvalue weighted by molar-refractivity contribution is 7.14. The molecule has 0 atom stereocenters. The van der Waals surface area contributed by atoms with E-state index in [0.29, 0.717) is 15.6 Å². The summed E-state index contributed by atoms with van der Waals surface area (Å²) >= 11 is 7.25. The van der Waals surface area contributed by atoms with E-state index in [0.717, 1.165) is 10.4 Å². The smallest absolute Gasteiger partial charge is 0.306 e. The van der Waals surface area contributed by atoms with Crippen molar-refractivity contribution in [1.82, 2.24) is 0 Å². The highest BCUT2D eigenvalue weighted by Crippen LogP contribution is 2.19. The molecular weight excluding hydrogens is 362 g/mol. The molecule has 132 valence electrons. The first-order chi connectivity index (χ1) is 11.8. The van der Waals surface area contributed by atoms with E-state index in [2.05, 4.69) is 5.32 Å². The predicted octanol–water partition coefficient (Wildman–Crippen LogP) is 4.16. The summed E-state index contributed by atoms with van der Waals surface area (Å²) < 4.78 is 4.91. The molecule has 1 heterocycles. The summed E-state index contributed by atoms with van der Waals surface area (Å²) in [6, 6.07) is 8.67. The van der Waals surface area contributed by atoms with Gasteiger partial charge in [0.25, 0.3) is 5.91 Å². The lowest BCUT2D eigenvalue weighted by Gasteiger charge is -2.09. The van der Waals surface area contributed by atoms with Gasteiger partial charge >= 0.3 is 5.97 Å². The van der Waals surface area contributed by atoms with Gasteiger partial charge in [-0.05, 0) is 49.7 Å². The summed E-state index contributed by atoms with van der Waals surface area (Å²) in [5, 5.41) is 3.22. The largest absolute Gasteiger partial charge is 0.456 e. The van der Waals surface area contributed by atoms with Gasteiger partial charge in [0.2, 0.25) is 0 Å². The number of carbonyl (C=O) groups is 3. The topological polar surface area (TPSA) is 72.5 Å². The fourth-order valence-corrected chi connectivity index (χ4v) is 3.16. The Labute approximate surface area is 154 Å². The number of carbonyl (C=O) groups excluding carboxylic acids is 3. The van der Waals surface area contributed by atoms with Gasteiger partial charge in [-0.15, -0.1) is 11.3 Å². The number of aryl methyl sites for hydroxylation is 2. The molecule has 0 saturated carbocycles. The molecule has 0 saturated heterocycles. The third-order valence-corrected chi connectivity index (χ3v) is 4.67. The average Bonchev–Trinajstić information content (AvgIpc) is 3.00. The van der Waals surface area contributed by atoms with Crippen molar-refractivity contribution in [2.24, 2.45) is 0 Å². The van der Waals surface area contributed by atoms with Crippen LogP contribution in [-0.2, 0) is 14.3 Å². The Morgan fingerprint density at radius 3 is 2.52 bits per heavy atom. The van der Waals surface area contributed by atoms with Gasteiger partial charge in [0.1, 0.15) is 0 Å². The zero-order valence-electron chi connectivity index (χ0n) is 13.9. The Hall–Kier alpha value is -2.18. The van der Waals surface area contributed by atoms with Gasteiger partial charge in [0.05, 0.1) is 11.3 Å². The van der Waals surface area contributed by atoms with Crippen molar-refractivity contribution in [3.63, 3.8) is 0 Å². The molecule has 1 aromatic heterocycles. The first-order valence-electron chi connectivity index (χ1n) is 7.66. The van der Waals surface area contributed by atoms with Crippen molar-refractivity contribution in [2.45, 2.75) is 26.7 Å². The number of halogens is 1. The third-order valence-electron chi connectivity index (χ3n) is 3.40. The van der Waals surface area contributed by atoms with Crippen LogP contribution in [0.5, 0.6) is 0 Å². The van der Waals surface area contributed by atoms with Gasteiger partial charge in [0.15, 0.2) is 12.4 Å². The molecule has 2 aromatic rings. The van der Waals surface area contributed by atoms with E-state index in [4.69, 9.17) is 16.3 Å². The van der Waals surface area contributed by atoms with Gasteiger partial charge in [-0.1, -0.05) is 11.6 Å². The minimum Gasteiger partial charge on any atom is -0.456 e. The van der Waals surface area contributed by atoms with E-state index in [1.54, 1.807) is 24.3 Å². The number of rotatable bonds is 7. The van der Waals surface area contributed by atoms with Gasteiger partial charge in [-0.3, -0.25) is 14.4 Å². The number of benzene rings is 1. The molecule has 0 aliphatic rings. The first kappa shape index (κ1) is 19.1. The molecule has 0 spiro atoms. The lowest BCUT2D eigenvalue weighted by Crippen LogP contribution is -2.21. The monoisotopic (exact) mass is 379 g/mol. The normalized spacial score (nSPS) is 10.4.